The number of hydrogen-bond acceptors (Lipinski definition) is 4. The van der Waals surface area contributed by atoms with Crippen LogP contribution >= 0.6 is 0 Å². The average molecular weight is 266 g/mol. The second kappa shape index (κ2) is 5.39. The zero-order valence-electron chi connectivity index (χ0n) is 12.0. The topological polar surface area (TPSA) is 47.9 Å². The number of phenolic OH excluding ortho intramolecular Hbond substituents is 1. The lowest BCUT2D eigenvalue weighted by Crippen LogP contribution is -2.38. The quantitative estimate of drug-likeness (QED) is 0.911. The zero-order valence-corrected chi connectivity index (χ0v) is 12.0. The fourth-order valence-electron chi connectivity index (χ4n) is 2.41. The van der Waals surface area contributed by atoms with E-state index < -0.39 is 6.29 Å². The van der Waals surface area contributed by atoms with Gasteiger partial charge in [-0.2, -0.15) is 0 Å². The van der Waals surface area contributed by atoms with E-state index in [1.54, 1.807) is 18.2 Å². The van der Waals surface area contributed by atoms with Crippen LogP contribution in [0.15, 0.2) is 18.2 Å². The second-order valence-corrected chi connectivity index (χ2v) is 5.52. The van der Waals surface area contributed by atoms with Gasteiger partial charge in [-0.25, -0.2) is 0 Å². The van der Waals surface area contributed by atoms with Gasteiger partial charge < -0.3 is 19.3 Å². The van der Waals surface area contributed by atoms with E-state index in [9.17, 15) is 5.11 Å². The van der Waals surface area contributed by atoms with Crippen molar-refractivity contribution in [3.05, 3.63) is 23.8 Å². The van der Waals surface area contributed by atoms with E-state index >= 15 is 0 Å². The van der Waals surface area contributed by atoms with Crippen LogP contribution in [0.5, 0.6) is 11.5 Å². The molecular formula is C15H22O4. The first-order valence-corrected chi connectivity index (χ1v) is 6.70. The Labute approximate surface area is 114 Å². The number of hydrogen-bond donors (Lipinski definition) is 1. The molecule has 2 atom stereocenters. The smallest absolute Gasteiger partial charge is 0.184 e. The highest BCUT2D eigenvalue weighted by molar-refractivity contribution is 5.42. The third-order valence-corrected chi connectivity index (χ3v) is 3.12. The van der Waals surface area contributed by atoms with Gasteiger partial charge in [-0.05, 0) is 39.8 Å². The Hall–Kier alpha value is -1.26. The normalized spacial score (nSPS) is 26.1. The van der Waals surface area contributed by atoms with Gasteiger partial charge in [0.05, 0.1) is 18.3 Å². The minimum Gasteiger partial charge on any atom is -0.504 e. The molecule has 2 rings (SSSR count). The fraction of sp³-hybridized carbons (Fsp3) is 0.600. The highest BCUT2D eigenvalue weighted by Crippen LogP contribution is 2.38. The molecule has 1 aromatic rings. The molecular weight excluding hydrogens is 244 g/mol. The Morgan fingerprint density at radius 1 is 1.42 bits per heavy atom. The predicted molar refractivity (Wildman–Crippen MR) is 72.3 cm³/mol. The van der Waals surface area contributed by atoms with Crippen molar-refractivity contribution in [1.82, 2.24) is 0 Å². The molecule has 1 N–H and O–H groups in total. The summed E-state index contributed by atoms with van der Waals surface area (Å²) in [4.78, 5) is 0. The van der Waals surface area contributed by atoms with Gasteiger partial charge in [0, 0.05) is 12.0 Å². The molecule has 1 aliphatic rings. The molecule has 1 saturated heterocycles. The van der Waals surface area contributed by atoms with Gasteiger partial charge >= 0.3 is 0 Å². The van der Waals surface area contributed by atoms with Gasteiger partial charge in [0.1, 0.15) is 0 Å². The molecule has 0 spiro atoms. The summed E-state index contributed by atoms with van der Waals surface area (Å²) < 4.78 is 17.2. The van der Waals surface area contributed by atoms with E-state index in [4.69, 9.17) is 14.2 Å². The molecule has 106 valence electrons. The maximum Gasteiger partial charge on any atom is 0.184 e. The number of ether oxygens (including phenoxy) is 3. The monoisotopic (exact) mass is 266 g/mol. The Morgan fingerprint density at radius 3 is 2.79 bits per heavy atom. The third kappa shape index (κ3) is 3.39. The largest absolute Gasteiger partial charge is 0.504 e. The number of rotatable bonds is 3. The lowest BCUT2D eigenvalue weighted by atomic mass is 9.99. The van der Waals surface area contributed by atoms with Gasteiger partial charge in [0.2, 0.25) is 0 Å². The molecule has 4 heteroatoms. The zero-order chi connectivity index (χ0) is 14.0. The van der Waals surface area contributed by atoms with Crippen molar-refractivity contribution in [2.75, 3.05) is 6.61 Å². The Balaban J connectivity index is 2.23. The third-order valence-electron chi connectivity index (χ3n) is 3.12. The van der Waals surface area contributed by atoms with Crippen LogP contribution in [-0.4, -0.2) is 23.4 Å². The maximum absolute atomic E-state index is 9.71. The van der Waals surface area contributed by atoms with Gasteiger partial charge in [0.25, 0.3) is 0 Å². The SMILES string of the molecule is CCOc1cc([C@H]2O[C@@H](C)CC(C)(C)O2)ccc1O. The van der Waals surface area contributed by atoms with Crippen LogP contribution < -0.4 is 4.74 Å². The summed E-state index contributed by atoms with van der Waals surface area (Å²) in [5.74, 6) is 0.594. The molecule has 0 amide bonds. The van der Waals surface area contributed by atoms with Crippen LogP contribution in [0.25, 0.3) is 0 Å². The Morgan fingerprint density at radius 2 is 2.16 bits per heavy atom. The van der Waals surface area contributed by atoms with Crippen LogP contribution in [0.2, 0.25) is 0 Å². The highest BCUT2D eigenvalue weighted by Gasteiger charge is 2.34. The van der Waals surface area contributed by atoms with E-state index in [0.29, 0.717) is 12.4 Å². The van der Waals surface area contributed by atoms with Crippen molar-refractivity contribution in [1.29, 1.82) is 0 Å². The summed E-state index contributed by atoms with van der Waals surface area (Å²) >= 11 is 0. The molecule has 0 aliphatic carbocycles. The first-order valence-electron chi connectivity index (χ1n) is 6.70. The fourth-order valence-corrected chi connectivity index (χ4v) is 2.41. The lowest BCUT2D eigenvalue weighted by molar-refractivity contribution is -0.273. The molecule has 1 fully saturated rings. The van der Waals surface area contributed by atoms with Crippen molar-refractivity contribution in [3.63, 3.8) is 0 Å². The first kappa shape index (κ1) is 14.2. The minimum atomic E-state index is -0.418. The summed E-state index contributed by atoms with van der Waals surface area (Å²) in [7, 11) is 0. The van der Waals surface area contributed by atoms with Crippen molar-refractivity contribution >= 4 is 0 Å². The molecule has 19 heavy (non-hydrogen) atoms. The number of benzene rings is 1. The molecule has 1 aliphatic heterocycles. The molecule has 4 nitrogen and oxygen atoms in total. The molecule has 0 bridgehead atoms. The Kier molecular flexibility index (Phi) is 4.02. The first-order chi connectivity index (χ1) is 8.91. The van der Waals surface area contributed by atoms with Crippen LogP contribution in [0.3, 0.4) is 0 Å². The van der Waals surface area contributed by atoms with Crippen LogP contribution in [-0.2, 0) is 9.47 Å². The van der Waals surface area contributed by atoms with E-state index in [0.717, 1.165) is 12.0 Å². The number of aromatic hydroxyl groups is 1. The second-order valence-electron chi connectivity index (χ2n) is 5.52. The predicted octanol–water partition coefficient (Wildman–Crippen LogP) is 3.39. The van der Waals surface area contributed by atoms with Crippen molar-refractivity contribution in [2.45, 2.75) is 52.1 Å². The van der Waals surface area contributed by atoms with Crippen molar-refractivity contribution in [2.24, 2.45) is 0 Å². The van der Waals surface area contributed by atoms with E-state index in [2.05, 4.69) is 13.8 Å². The molecule has 1 aromatic carbocycles. The van der Waals surface area contributed by atoms with Crippen LogP contribution in [0, 0.1) is 0 Å². The van der Waals surface area contributed by atoms with Gasteiger partial charge in [-0.15, -0.1) is 0 Å². The maximum atomic E-state index is 9.71. The molecule has 0 saturated carbocycles. The molecule has 1 heterocycles. The number of phenols is 1. The summed E-state index contributed by atoms with van der Waals surface area (Å²) in [5, 5.41) is 9.71. The van der Waals surface area contributed by atoms with E-state index in [1.165, 1.54) is 0 Å². The summed E-state index contributed by atoms with van der Waals surface area (Å²) in [6, 6.07) is 5.19. The molecule has 0 radical (unpaired) electrons. The average Bonchev–Trinajstić information content (AvgIpc) is 2.29. The summed E-state index contributed by atoms with van der Waals surface area (Å²) in [6.07, 6.45) is 0.580. The highest BCUT2D eigenvalue weighted by atomic mass is 16.7. The summed E-state index contributed by atoms with van der Waals surface area (Å²) in [5.41, 5.74) is 0.646. The molecule has 0 unspecified atom stereocenters. The summed E-state index contributed by atoms with van der Waals surface area (Å²) in [6.45, 7) is 8.54. The Bertz CT molecular complexity index is 442. The van der Waals surface area contributed by atoms with E-state index in [-0.39, 0.29) is 17.5 Å². The lowest BCUT2D eigenvalue weighted by Gasteiger charge is -2.39. The van der Waals surface area contributed by atoms with E-state index in [1.807, 2.05) is 13.8 Å². The van der Waals surface area contributed by atoms with Gasteiger partial charge in [-0.3, -0.25) is 0 Å². The minimum absolute atomic E-state index is 0.133. The van der Waals surface area contributed by atoms with Gasteiger partial charge in [0.15, 0.2) is 17.8 Å². The van der Waals surface area contributed by atoms with Crippen molar-refractivity contribution in [3.8, 4) is 11.5 Å². The van der Waals surface area contributed by atoms with Crippen molar-refractivity contribution < 1.29 is 19.3 Å². The van der Waals surface area contributed by atoms with Crippen LogP contribution in [0.1, 0.15) is 46.0 Å². The molecule has 0 aromatic heterocycles. The van der Waals surface area contributed by atoms with Crippen LogP contribution in [0.4, 0.5) is 0 Å². The standard InChI is InChI=1S/C15H22O4/c1-5-17-13-8-11(6-7-12(13)16)14-18-10(2)9-15(3,4)19-14/h6-8,10,14,16H,5,9H2,1-4H3/t10-,14-/m0/s1. The van der Waals surface area contributed by atoms with Gasteiger partial charge in [-0.1, -0.05) is 6.07 Å².